The van der Waals surface area contributed by atoms with Gasteiger partial charge in [0, 0.05) is 29.7 Å². The average molecular weight is 302 g/mol. The van der Waals surface area contributed by atoms with Crippen molar-refractivity contribution in [2.45, 2.75) is 6.92 Å². The number of hydrogen-bond acceptors (Lipinski definition) is 5. The lowest BCUT2D eigenvalue weighted by Gasteiger charge is -2.14. The predicted molar refractivity (Wildman–Crippen MR) is 83.0 cm³/mol. The maximum atomic E-state index is 12.2. The Hall–Kier alpha value is -2.76. The van der Waals surface area contributed by atoms with E-state index in [1.54, 1.807) is 24.3 Å². The minimum atomic E-state index is -0.262. The normalized spacial score (nSPS) is 10.0. The molecule has 0 atom stereocenters. The number of nitrogens with zero attached hydrogens (tertiary/aromatic N) is 1. The van der Waals surface area contributed by atoms with Gasteiger partial charge in [-0.25, -0.2) is 0 Å². The van der Waals surface area contributed by atoms with Crippen molar-refractivity contribution in [2.24, 2.45) is 0 Å². The molecule has 0 bridgehead atoms. The van der Waals surface area contributed by atoms with Gasteiger partial charge in [-0.15, -0.1) is 0 Å². The first kappa shape index (κ1) is 15.6. The lowest BCUT2D eigenvalue weighted by atomic mass is 10.2. The number of amides is 1. The summed E-state index contributed by atoms with van der Waals surface area (Å²) < 4.78 is 15.8. The Morgan fingerprint density at radius 1 is 1.05 bits per heavy atom. The molecule has 0 unspecified atom stereocenters. The zero-order valence-corrected chi connectivity index (χ0v) is 13.0. The number of ether oxygens (including phenoxy) is 3. The van der Waals surface area contributed by atoms with Gasteiger partial charge >= 0.3 is 0 Å². The van der Waals surface area contributed by atoms with Gasteiger partial charge < -0.3 is 19.5 Å². The van der Waals surface area contributed by atoms with E-state index in [1.165, 1.54) is 27.5 Å². The van der Waals surface area contributed by atoms with Crippen LogP contribution in [0.1, 0.15) is 16.1 Å². The first-order valence-corrected chi connectivity index (χ1v) is 6.63. The molecule has 6 heteroatoms. The number of carbonyl (C=O) groups excluding carboxylic acids is 1. The Morgan fingerprint density at radius 2 is 1.68 bits per heavy atom. The Balaban J connectivity index is 2.29. The van der Waals surface area contributed by atoms with Gasteiger partial charge in [-0.1, -0.05) is 0 Å². The van der Waals surface area contributed by atoms with Gasteiger partial charge in [0.05, 0.1) is 26.9 Å². The fourth-order valence-electron chi connectivity index (χ4n) is 1.96. The monoisotopic (exact) mass is 302 g/mol. The molecule has 0 aliphatic heterocycles. The Bertz CT molecular complexity index is 643. The third-order valence-electron chi connectivity index (χ3n) is 3.10. The molecule has 1 amide bonds. The van der Waals surface area contributed by atoms with Crippen LogP contribution in [0.5, 0.6) is 17.2 Å². The first-order chi connectivity index (χ1) is 10.6. The second kappa shape index (κ2) is 6.80. The van der Waals surface area contributed by atoms with Crippen LogP contribution in [0, 0.1) is 6.92 Å². The second-order valence-corrected chi connectivity index (χ2v) is 4.56. The number of nitrogens with one attached hydrogen (secondary N) is 1. The highest BCUT2D eigenvalue weighted by atomic mass is 16.5. The molecular formula is C16H18N2O4. The molecule has 0 spiro atoms. The molecule has 2 aromatic rings. The fourth-order valence-corrected chi connectivity index (χ4v) is 1.96. The first-order valence-electron chi connectivity index (χ1n) is 6.63. The summed E-state index contributed by atoms with van der Waals surface area (Å²) in [5, 5.41) is 2.78. The molecule has 0 fully saturated rings. The molecule has 1 heterocycles. The lowest BCUT2D eigenvalue weighted by molar-refractivity contribution is 0.102. The van der Waals surface area contributed by atoms with Crippen molar-refractivity contribution in [3.63, 3.8) is 0 Å². The quantitative estimate of drug-likeness (QED) is 0.919. The van der Waals surface area contributed by atoms with Gasteiger partial charge in [-0.05, 0) is 19.1 Å². The Labute approximate surface area is 129 Å². The van der Waals surface area contributed by atoms with E-state index in [0.29, 0.717) is 28.5 Å². The standard InChI is InChI=1S/C16H18N2O4/c1-10-5-6-11(9-17-10)16(19)18-12-7-13(20-2)15(22-4)14(8-12)21-3/h5-9H,1-4H3,(H,18,19). The fraction of sp³-hybridized carbons (Fsp3) is 0.250. The summed E-state index contributed by atoms with van der Waals surface area (Å²) in [7, 11) is 4.57. The highest BCUT2D eigenvalue weighted by Gasteiger charge is 2.15. The predicted octanol–water partition coefficient (Wildman–Crippen LogP) is 2.67. The van der Waals surface area contributed by atoms with Crippen molar-refractivity contribution in [3.8, 4) is 17.2 Å². The van der Waals surface area contributed by atoms with Crippen molar-refractivity contribution in [2.75, 3.05) is 26.6 Å². The van der Waals surface area contributed by atoms with E-state index in [0.717, 1.165) is 5.69 Å². The number of aryl methyl sites for hydroxylation is 1. The SMILES string of the molecule is COc1cc(NC(=O)c2ccc(C)nc2)cc(OC)c1OC. The second-order valence-electron chi connectivity index (χ2n) is 4.56. The van der Waals surface area contributed by atoms with Gasteiger partial charge in [0.25, 0.3) is 5.91 Å². The average Bonchev–Trinajstić information content (AvgIpc) is 2.54. The molecule has 116 valence electrons. The number of aromatic nitrogens is 1. The third kappa shape index (κ3) is 3.28. The summed E-state index contributed by atoms with van der Waals surface area (Å²) in [4.78, 5) is 16.3. The van der Waals surface area contributed by atoms with E-state index in [1.807, 2.05) is 6.92 Å². The Morgan fingerprint density at radius 3 is 2.14 bits per heavy atom. The van der Waals surface area contributed by atoms with E-state index in [2.05, 4.69) is 10.3 Å². The van der Waals surface area contributed by atoms with Gasteiger partial charge in [-0.3, -0.25) is 9.78 Å². The van der Waals surface area contributed by atoms with Gasteiger partial charge in [-0.2, -0.15) is 0 Å². The van der Waals surface area contributed by atoms with Crippen molar-refractivity contribution >= 4 is 11.6 Å². The maximum Gasteiger partial charge on any atom is 0.257 e. The summed E-state index contributed by atoms with van der Waals surface area (Å²) in [6, 6.07) is 6.83. The number of anilines is 1. The smallest absolute Gasteiger partial charge is 0.257 e. The summed E-state index contributed by atoms with van der Waals surface area (Å²) in [6.07, 6.45) is 1.53. The zero-order valence-electron chi connectivity index (χ0n) is 13.0. The van der Waals surface area contributed by atoms with Crippen LogP contribution in [-0.4, -0.2) is 32.2 Å². The number of carbonyl (C=O) groups is 1. The van der Waals surface area contributed by atoms with E-state index in [4.69, 9.17) is 14.2 Å². The topological polar surface area (TPSA) is 69.7 Å². The molecule has 0 radical (unpaired) electrons. The van der Waals surface area contributed by atoms with Crippen LogP contribution >= 0.6 is 0 Å². The third-order valence-corrected chi connectivity index (χ3v) is 3.10. The molecule has 1 aromatic carbocycles. The van der Waals surface area contributed by atoms with Gasteiger partial charge in [0.15, 0.2) is 11.5 Å². The van der Waals surface area contributed by atoms with Crippen LogP contribution in [0.4, 0.5) is 5.69 Å². The lowest BCUT2D eigenvalue weighted by Crippen LogP contribution is -2.12. The number of hydrogen-bond donors (Lipinski definition) is 1. The van der Waals surface area contributed by atoms with Crippen LogP contribution in [0.3, 0.4) is 0 Å². The number of benzene rings is 1. The van der Waals surface area contributed by atoms with Crippen LogP contribution < -0.4 is 19.5 Å². The van der Waals surface area contributed by atoms with Crippen LogP contribution in [-0.2, 0) is 0 Å². The molecule has 0 aliphatic carbocycles. The van der Waals surface area contributed by atoms with Gasteiger partial charge in [0.1, 0.15) is 0 Å². The molecule has 1 aromatic heterocycles. The van der Waals surface area contributed by atoms with E-state index < -0.39 is 0 Å². The van der Waals surface area contributed by atoms with Crippen LogP contribution in [0.25, 0.3) is 0 Å². The van der Waals surface area contributed by atoms with Crippen molar-refractivity contribution in [3.05, 3.63) is 41.7 Å². The molecule has 6 nitrogen and oxygen atoms in total. The van der Waals surface area contributed by atoms with Crippen molar-refractivity contribution in [1.29, 1.82) is 0 Å². The minimum absolute atomic E-state index is 0.262. The molecular weight excluding hydrogens is 284 g/mol. The summed E-state index contributed by atoms with van der Waals surface area (Å²) >= 11 is 0. The van der Waals surface area contributed by atoms with Crippen LogP contribution in [0.15, 0.2) is 30.5 Å². The molecule has 0 saturated heterocycles. The van der Waals surface area contributed by atoms with Crippen LogP contribution in [0.2, 0.25) is 0 Å². The van der Waals surface area contributed by atoms with E-state index in [-0.39, 0.29) is 5.91 Å². The van der Waals surface area contributed by atoms with Gasteiger partial charge in [0.2, 0.25) is 5.75 Å². The molecule has 22 heavy (non-hydrogen) atoms. The summed E-state index contributed by atoms with van der Waals surface area (Å²) in [5.74, 6) is 1.15. The molecule has 0 aliphatic rings. The highest BCUT2D eigenvalue weighted by molar-refractivity contribution is 6.04. The van der Waals surface area contributed by atoms with Crippen molar-refractivity contribution < 1.29 is 19.0 Å². The minimum Gasteiger partial charge on any atom is -0.493 e. The Kier molecular flexibility index (Phi) is 4.83. The molecule has 2 rings (SSSR count). The number of pyridine rings is 1. The van der Waals surface area contributed by atoms with Crippen molar-refractivity contribution in [1.82, 2.24) is 4.98 Å². The summed E-state index contributed by atoms with van der Waals surface area (Å²) in [5.41, 5.74) is 1.86. The number of methoxy groups -OCH3 is 3. The molecule has 0 saturated carbocycles. The maximum absolute atomic E-state index is 12.2. The highest BCUT2D eigenvalue weighted by Crippen LogP contribution is 2.39. The zero-order chi connectivity index (χ0) is 16.1. The number of rotatable bonds is 5. The largest absolute Gasteiger partial charge is 0.493 e. The summed E-state index contributed by atoms with van der Waals surface area (Å²) in [6.45, 7) is 1.86. The molecule has 1 N–H and O–H groups in total. The van der Waals surface area contributed by atoms with E-state index >= 15 is 0 Å². The van der Waals surface area contributed by atoms with E-state index in [9.17, 15) is 4.79 Å².